The lowest BCUT2D eigenvalue weighted by molar-refractivity contribution is -0.134. The Morgan fingerprint density at radius 1 is 1.16 bits per heavy atom. The minimum Gasteiger partial charge on any atom is -0.306 e. The molecule has 0 amide bonds. The molecule has 1 aromatic heterocycles. The van der Waals surface area contributed by atoms with Gasteiger partial charge in [0.25, 0.3) is 0 Å². The van der Waals surface area contributed by atoms with Crippen LogP contribution >= 0.6 is 0 Å². The van der Waals surface area contributed by atoms with Gasteiger partial charge in [0.05, 0.1) is 12.1 Å². The molecule has 1 N–H and O–H groups in total. The van der Waals surface area contributed by atoms with E-state index in [0.29, 0.717) is 12.2 Å². The topological polar surface area (TPSA) is 37.8 Å². The quantitative estimate of drug-likeness (QED) is 0.917. The number of hydrogen-bond acceptors (Lipinski definition) is 3. The summed E-state index contributed by atoms with van der Waals surface area (Å²) in [7, 11) is 0. The van der Waals surface area contributed by atoms with E-state index in [2.05, 4.69) is 15.3 Å². The first-order valence-electron chi connectivity index (χ1n) is 6.20. The Hall–Kier alpha value is -1.17. The molecule has 19 heavy (non-hydrogen) atoms. The van der Waals surface area contributed by atoms with Gasteiger partial charge in [0.1, 0.15) is 5.82 Å². The normalized spacial score (nSPS) is 12.8. The summed E-state index contributed by atoms with van der Waals surface area (Å²) >= 11 is 0. The van der Waals surface area contributed by atoms with Gasteiger partial charge in [0, 0.05) is 24.2 Å². The highest BCUT2D eigenvalue weighted by Gasteiger charge is 2.27. The fraction of sp³-hybridized carbons (Fsp3) is 0.692. The Kier molecular flexibility index (Phi) is 4.90. The lowest BCUT2D eigenvalue weighted by Gasteiger charge is -2.20. The maximum absolute atomic E-state index is 12.2. The predicted octanol–water partition coefficient (Wildman–Crippen LogP) is 3.17. The SMILES string of the molecule is Cc1cc(CNC(C)(C)C)nc(CCC(F)(F)F)n1. The van der Waals surface area contributed by atoms with Crippen LogP contribution in [-0.4, -0.2) is 21.7 Å². The van der Waals surface area contributed by atoms with Crippen LogP contribution in [0.5, 0.6) is 0 Å². The molecule has 0 bridgehead atoms. The summed E-state index contributed by atoms with van der Waals surface area (Å²) in [6.07, 6.45) is -5.23. The molecular weight excluding hydrogens is 255 g/mol. The zero-order valence-electron chi connectivity index (χ0n) is 11.7. The molecule has 0 aliphatic heterocycles. The van der Waals surface area contributed by atoms with Crippen LogP contribution in [-0.2, 0) is 13.0 Å². The third-order valence-electron chi connectivity index (χ3n) is 2.39. The molecule has 0 saturated heterocycles. The van der Waals surface area contributed by atoms with E-state index >= 15 is 0 Å². The van der Waals surface area contributed by atoms with Gasteiger partial charge in [-0.05, 0) is 33.8 Å². The fourth-order valence-electron chi connectivity index (χ4n) is 1.51. The number of alkyl halides is 3. The van der Waals surface area contributed by atoms with Gasteiger partial charge >= 0.3 is 6.18 Å². The molecule has 0 aliphatic carbocycles. The lowest BCUT2D eigenvalue weighted by Crippen LogP contribution is -2.35. The minimum absolute atomic E-state index is 0.0645. The number of rotatable bonds is 4. The number of hydrogen-bond donors (Lipinski definition) is 1. The Labute approximate surface area is 111 Å². The van der Waals surface area contributed by atoms with Crippen molar-refractivity contribution in [2.45, 2.75) is 58.8 Å². The van der Waals surface area contributed by atoms with Crippen molar-refractivity contribution in [3.63, 3.8) is 0 Å². The highest BCUT2D eigenvalue weighted by atomic mass is 19.4. The first-order chi connectivity index (χ1) is 8.55. The summed E-state index contributed by atoms with van der Waals surface area (Å²) in [5, 5.41) is 3.25. The van der Waals surface area contributed by atoms with Crippen LogP contribution < -0.4 is 5.32 Å². The van der Waals surface area contributed by atoms with E-state index in [-0.39, 0.29) is 17.8 Å². The summed E-state index contributed by atoms with van der Waals surface area (Å²) in [6.45, 7) is 8.34. The van der Waals surface area contributed by atoms with Crippen molar-refractivity contribution in [3.8, 4) is 0 Å². The molecule has 0 spiro atoms. The molecule has 3 nitrogen and oxygen atoms in total. The number of aryl methyl sites for hydroxylation is 2. The van der Waals surface area contributed by atoms with Crippen LogP contribution in [0, 0.1) is 6.92 Å². The van der Waals surface area contributed by atoms with Crippen molar-refractivity contribution in [1.29, 1.82) is 0 Å². The maximum Gasteiger partial charge on any atom is 0.389 e. The average molecular weight is 275 g/mol. The molecule has 0 radical (unpaired) electrons. The molecule has 1 heterocycles. The minimum atomic E-state index is -4.17. The van der Waals surface area contributed by atoms with Crippen LogP contribution in [0.15, 0.2) is 6.07 Å². The molecule has 108 valence electrons. The molecule has 0 atom stereocenters. The zero-order valence-corrected chi connectivity index (χ0v) is 11.7. The highest BCUT2D eigenvalue weighted by molar-refractivity contribution is 5.10. The summed E-state index contributed by atoms with van der Waals surface area (Å²) in [6, 6.07) is 1.79. The molecule has 0 aliphatic rings. The first kappa shape index (κ1) is 15.9. The van der Waals surface area contributed by atoms with Gasteiger partial charge in [-0.2, -0.15) is 13.2 Å². The average Bonchev–Trinajstić information content (AvgIpc) is 2.21. The zero-order chi connectivity index (χ0) is 14.7. The van der Waals surface area contributed by atoms with Crippen molar-refractivity contribution in [2.75, 3.05) is 0 Å². The van der Waals surface area contributed by atoms with Gasteiger partial charge in [-0.1, -0.05) is 0 Å². The van der Waals surface area contributed by atoms with Gasteiger partial charge in [0.15, 0.2) is 0 Å². The van der Waals surface area contributed by atoms with Crippen molar-refractivity contribution in [2.24, 2.45) is 0 Å². The Morgan fingerprint density at radius 2 is 1.79 bits per heavy atom. The molecule has 0 aromatic carbocycles. The van der Waals surface area contributed by atoms with Gasteiger partial charge in [0.2, 0.25) is 0 Å². The second-order valence-electron chi connectivity index (χ2n) is 5.64. The molecule has 0 saturated carbocycles. The van der Waals surface area contributed by atoms with Gasteiger partial charge in [-0.15, -0.1) is 0 Å². The standard InChI is InChI=1S/C13H20F3N3/c1-9-7-10(8-17-12(2,3)4)19-11(18-9)5-6-13(14,15)16/h7,17H,5-6,8H2,1-4H3. The number of nitrogens with one attached hydrogen (secondary N) is 1. The van der Waals surface area contributed by atoms with Crippen LogP contribution in [0.3, 0.4) is 0 Å². The Morgan fingerprint density at radius 3 is 2.32 bits per heavy atom. The second kappa shape index (κ2) is 5.86. The monoisotopic (exact) mass is 275 g/mol. The third-order valence-corrected chi connectivity index (χ3v) is 2.39. The third kappa shape index (κ3) is 7.10. The van der Waals surface area contributed by atoms with Crippen LogP contribution in [0.2, 0.25) is 0 Å². The number of halogens is 3. The predicted molar refractivity (Wildman–Crippen MR) is 67.7 cm³/mol. The highest BCUT2D eigenvalue weighted by Crippen LogP contribution is 2.21. The molecule has 1 aromatic rings. The van der Waals surface area contributed by atoms with Gasteiger partial charge in [-0.25, -0.2) is 9.97 Å². The first-order valence-corrected chi connectivity index (χ1v) is 6.20. The van der Waals surface area contributed by atoms with Crippen molar-refractivity contribution < 1.29 is 13.2 Å². The van der Waals surface area contributed by atoms with Crippen molar-refractivity contribution in [1.82, 2.24) is 15.3 Å². The summed E-state index contributed by atoms with van der Waals surface area (Å²) in [5.74, 6) is 0.253. The van der Waals surface area contributed by atoms with E-state index in [4.69, 9.17) is 0 Å². The molecular formula is C13H20F3N3. The van der Waals surface area contributed by atoms with Crippen LogP contribution in [0.1, 0.15) is 44.4 Å². The molecule has 0 unspecified atom stereocenters. The summed E-state index contributed by atoms with van der Waals surface area (Å²) in [5.41, 5.74) is 1.35. The smallest absolute Gasteiger partial charge is 0.306 e. The number of nitrogens with zero attached hydrogens (tertiary/aromatic N) is 2. The van der Waals surface area contributed by atoms with E-state index in [1.807, 2.05) is 20.8 Å². The van der Waals surface area contributed by atoms with Gasteiger partial charge < -0.3 is 5.32 Å². The molecule has 6 heteroatoms. The van der Waals surface area contributed by atoms with E-state index in [1.165, 1.54) is 0 Å². The molecule has 1 rings (SSSR count). The molecule has 0 fully saturated rings. The van der Waals surface area contributed by atoms with Gasteiger partial charge in [-0.3, -0.25) is 0 Å². The number of aromatic nitrogens is 2. The maximum atomic E-state index is 12.2. The summed E-state index contributed by atoms with van der Waals surface area (Å²) < 4.78 is 36.5. The van der Waals surface area contributed by atoms with Crippen LogP contribution in [0.25, 0.3) is 0 Å². The van der Waals surface area contributed by atoms with E-state index in [0.717, 1.165) is 5.69 Å². The Bertz CT molecular complexity index is 386. The summed E-state index contributed by atoms with van der Waals surface area (Å²) in [4.78, 5) is 8.21. The van der Waals surface area contributed by atoms with E-state index in [1.54, 1.807) is 13.0 Å². The second-order valence-corrected chi connectivity index (χ2v) is 5.64. The van der Waals surface area contributed by atoms with Crippen molar-refractivity contribution in [3.05, 3.63) is 23.3 Å². The largest absolute Gasteiger partial charge is 0.389 e. The van der Waals surface area contributed by atoms with E-state index < -0.39 is 12.6 Å². The van der Waals surface area contributed by atoms with Crippen molar-refractivity contribution >= 4 is 0 Å². The van der Waals surface area contributed by atoms with Crippen LogP contribution in [0.4, 0.5) is 13.2 Å². The lowest BCUT2D eigenvalue weighted by atomic mass is 10.1. The fourth-order valence-corrected chi connectivity index (χ4v) is 1.51. The van der Waals surface area contributed by atoms with E-state index in [9.17, 15) is 13.2 Å². The Balaban J connectivity index is 2.71.